The fraction of sp³-hybridized carbons (Fsp3) is 0.500. The van der Waals surface area contributed by atoms with E-state index < -0.39 is 0 Å². The predicted molar refractivity (Wildman–Crippen MR) is 71.6 cm³/mol. The van der Waals surface area contributed by atoms with Gasteiger partial charge in [0.15, 0.2) is 5.82 Å². The van der Waals surface area contributed by atoms with Crippen molar-refractivity contribution >= 4 is 11.7 Å². The Morgan fingerprint density at radius 2 is 2.38 bits per heavy atom. The average molecular weight is 284 g/mol. The van der Waals surface area contributed by atoms with Gasteiger partial charge in [-0.15, -0.1) is 0 Å². The van der Waals surface area contributed by atoms with Crippen LogP contribution < -0.4 is 4.90 Å². The van der Waals surface area contributed by atoms with Crippen LogP contribution in [-0.2, 0) is 11.3 Å². The monoisotopic (exact) mass is 284 g/mol. The highest BCUT2D eigenvalue weighted by Gasteiger charge is 2.33. The Labute approximate surface area is 120 Å². The standard InChI is InChI=1S/C12H12N8O/c13-2-1-3-20-12(10(5-14)7-17-20)19-8-9(4-11(19)21)6-16-18-15/h7,9H,1,3-4,6,8H2. The second-order valence-electron chi connectivity index (χ2n) is 4.61. The highest BCUT2D eigenvalue weighted by atomic mass is 16.2. The number of hydrogen-bond donors (Lipinski definition) is 0. The number of anilines is 1. The van der Waals surface area contributed by atoms with Gasteiger partial charge >= 0.3 is 0 Å². The fourth-order valence-electron chi connectivity index (χ4n) is 2.32. The molecule has 0 aliphatic carbocycles. The Balaban J connectivity index is 2.26. The zero-order chi connectivity index (χ0) is 15.2. The number of carbonyl (C=O) groups is 1. The first kappa shape index (κ1) is 14.4. The Kier molecular flexibility index (Phi) is 4.39. The van der Waals surface area contributed by atoms with Crippen LogP contribution in [0, 0.1) is 28.6 Å². The van der Waals surface area contributed by atoms with Crippen molar-refractivity contribution in [3.8, 4) is 12.1 Å². The van der Waals surface area contributed by atoms with Gasteiger partial charge in [-0.25, -0.2) is 4.68 Å². The average Bonchev–Trinajstić information content (AvgIpc) is 3.05. The van der Waals surface area contributed by atoms with Gasteiger partial charge in [0, 0.05) is 24.4 Å². The number of aromatic nitrogens is 2. The van der Waals surface area contributed by atoms with Crippen molar-refractivity contribution < 1.29 is 4.79 Å². The summed E-state index contributed by atoms with van der Waals surface area (Å²) in [4.78, 5) is 16.3. The molecule has 106 valence electrons. The molecule has 1 unspecified atom stereocenters. The van der Waals surface area contributed by atoms with Crippen LogP contribution in [0.4, 0.5) is 5.82 Å². The van der Waals surface area contributed by atoms with E-state index in [1.165, 1.54) is 15.8 Å². The summed E-state index contributed by atoms with van der Waals surface area (Å²) in [5.74, 6) is 0.212. The molecule has 2 rings (SSSR count). The molecule has 1 amide bonds. The topological polar surface area (TPSA) is 134 Å². The molecule has 0 radical (unpaired) electrons. The lowest BCUT2D eigenvalue weighted by molar-refractivity contribution is -0.117. The number of hydrogen-bond acceptors (Lipinski definition) is 5. The van der Waals surface area contributed by atoms with Gasteiger partial charge in [-0.3, -0.25) is 9.69 Å². The molecule has 1 fully saturated rings. The molecule has 0 bridgehead atoms. The largest absolute Gasteiger partial charge is 0.296 e. The van der Waals surface area contributed by atoms with E-state index in [0.717, 1.165) is 0 Å². The molecule has 0 aromatic carbocycles. The number of nitrogens with zero attached hydrogens (tertiary/aromatic N) is 8. The van der Waals surface area contributed by atoms with E-state index in [2.05, 4.69) is 15.1 Å². The van der Waals surface area contributed by atoms with Crippen molar-refractivity contribution in [2.45, 2.75) is 19.4 Å². The molecule has 0 saturated carbocycles. The summed E-state index contributed by atoms with van der Waals surface area (Å²) < 4.78 is 1.50. The number of rotatable bonds is 5. The third kappa shape index (κ3) is 2.94. The normalized spacial score (nSPS) is 17.1. The summed E-state index contributed by atoms with van der Waals surface area (Å²) in [5.41, 5.74) is 8.63. The number of carbonyl (C=O) groups excluding carboxylic acids is 1. The van der Waals surface area contributed by atoms with Gasteiger partial charge in [-0.05, 0) is 11.4 Å². The number of amides is 1. The highest BCUT2D eigenvalue weighted by Crippen LogP contribution is 2.28. The lowest BCUT2D eigenvalue weighted by Crippen LogP contribution is -2.28. The van der Waals surface area contributed by atoms with Crippen molar-refractivity contribution in [1.29, 1.82) is 10.5 Å². The molecule has 1 aromatic heterocycles. The van der Waals surface area contributed by atoms with E-state index in [1.807, 2.05) is 12.1 Å². The third-order valence-electron chi connectivity index (χ3n) is 3.23. The Morgan fingerprint density at radius 3 is 3.05 bits per heavy atom. The maximum absolute atomic E-state index is 12.1. The van der Waals surface area contributed by atoms with Gasteiger partial charge in [0.1, 0.15) is 11.6 Å². The molecular formula is C12H12N8O. The van der Waals surface area contributed by atoms with Gasteiger partial charge in [0.2, 0.25) is 5.91 Å². The van der Waals surface area contributed by atoms with Crippen LogP contribution in [0.1, 0.15) is 18.4 Å². The summed E-state index contributed by atoms with van der Waals surface area (Å²) >= 11 is 0. The van der Waals surface area contributed by atoms with E-state index in [9.17, 15) is 4.79 Å². The highest BCUT2D eigenvalue weighted by molar-refractivity contribution is 5.96. The molecule has 1 atom stereocenters. The van der Waals surface area contributed by atoms with E-state index in [-0.39, 0.29) is 31.2 Å². The fourth-order valence-corrected chi connectivity index (χ4v) is 2.32. The third-order valence-corrected chi connectivity index (χ3v) is 3.23. The molecule has 1 aliphatic heterocycles. The molecule has 1 aliphatic rings. The molecule has 0 N–H and O–H groups in total. The van der Waals surface area contributed by atoms with Gasteiger partial charge in [0.25, 0.3) is 0 Å². The summed E-state index contributed by atoms with van der Waals surface area (Å²) in [6, 6.07) is 4.01. The summed E-state index contributed by atoms with van der Waals surface area (Å²) in [6.07, 6.45) is 1.90. The van der Waals surface area contributed by atoms with Crippen LogP contribution in [0.15, 0.2) is 11.3 Å². The van der Waals surface area contributed by atoms with Gasteiger partial charge in [-0.2, -0.15) is 15.6 Å². The van der Waals surface area contributed by atoms with Crippen molar-refractivity contribution in [2.24, 2.45) is 11.0 Å². The molecule has 1 aromatic rings. The summed E-state index contributed by atoms with van der Waals surface area (Å²) in [5, 5.41) is 25.3. The van der Waals surface area contributed by atoms with Crippen LogP contribution in [0.5, 0.6) is 0 Å². The predicted octanol–water partition coefficient (Wildman–Crippen LogP) is 1.33. The van der Waals surface area contributed by atoms with Crippen LogP contribution in [-0.4, -0.2) is 28.8 Å². The number of nitriles is 2. The van der Waals surface area contributed by atoms with Crippen LogP contribution in [0.3, 0.4) is 0 Å². The zero-order valence-electron chi connectivity index (χ0n) is 11.2. The van der Waals surface area contributed by atoms with Gasteiger partial charge in [-0.1, -0.05) is 5.11 Å². The van der Waals surface area contributed by atoms with E-state index in [1.54, 1.807) is 0 Å². The smallest absolute Gasteiger partial charge is 0.228 e. The Morgan fingerprint density at radius 1 is 1.57 bits per heavy atom. The van der Waals surface area contributed by atoms with Crippen LogP contribution in [0.2, 0.25) is 0 Å². The summed E-state index contributed by atoms with van der Waals surface area (Å²) in [6.45, 7) is 0.941. The van der Waals surface area contributed by atoms with E-state index >= 15 is 0 Å². The Hall–Kier alpha value is -3.03. The second-order valence-corrected chi connectivity index (χ2v) is 4.61. The second kappa shape index (κ2) is 6.42. The minimum absolute atomic E-state index is 0.0701. The first-order valence-electron chi connectivity index (χ1n) is 6.35. The molecule has 9 nitrogen and oxygen atoms in total. The zero-order valence-corrected chi connectivity index (χ0v) is 11.2. The van der Waals surface area contributed by atoms with E-state index in [0.29, 0.717) is 24.5 Å². The maximum Gasteiger partial charge on any atom is 0.228 e. The maximum atomic E-state index is 12.1. The van der Waals surface area contributed by atoms with Crippen LogP contribution in [0.25, 0.3) is 10.4 Å². The SMILES string of the molecule is N#CCCn1ncc(C#N)c1N1CC(CN=[N+]=[N-])CC1=O. The molecule has 1 saturated heterocycles. The molecule has 9 heteroatoms. The minimum Gasteiger partial charge on any atom is -0.296 e. The molecular weight excluding hydrogens is 272 g/mol. The van der Waals surface area contributed by atoms with Gasteiger partial charge < -0.3 is 0 Å². The number of azide groups is 1. The Bertz CT molecular complexity index is 672. The minimum atomic E-state index is -0.136. The first-order chi connectivity index (χ1) is 10.2. The van der Waals surface area contributed by atoms with Crippen molar-refractivity contribution in [3.63, 3.8) is 0 Å². The van der Waals surface area contributed by atoms with Gasteiger partial charge in [0.05, 0.1) is 25.2 Å². The molecule has 21 heavy (non-hydrogen) atoms. The van der Waals surface area contributed by atoms with E-state index in [4.69, 9.17) is 16.1 Å². The van der Waals surface area contributed by atoms with Crippen LogP contribution >= 0.6 is 0 Å². The summed E-state index contributed by atoms with van der Waals surface area (Å²) in [7, 11) is 0. The van der Waals surface area contributed by atoms with Crippen molar-refractivity contribution in [2.75, 3.05) is 18.0 Å². The van der Waals surface area contributed by atoms with Crippen molar-refractivity contribution in [3.05, 3.63) is 22.2 Å². The quantitative estimate of drug-likeness (QED) is 0.457. The molecule has 0 spiro atoms. The first-order valence-corrected chi connectivity index (χ1v) is 6.35. The number of aryl methyl sites for hydroxylation is 1. The lowest BCUT2D eigenvalue weighted by Gasteiger charge is -2.18. The van der Waals surface area contributed by atoms with Crippen molar-refractivity contribution in [1.82, 2.24) is 9.78 Å². The lowest BCUT2D eigenvalue weighted by atomic mass is 10.1. The molecule has 2 heterocycles.